The topological polar surface area (TPSA) is 83.9 Å². The fraction of sp³-hybridized carbons (Fsp3) is 0.391. The van der Waals surface area contributed by atoms with E-state index in [9.17, 15) is 14.0 Å². The number of halogens is 1. The number of hydrogen-bond acceptors (Lipinski definition) is 6. The molecule has 0 spiro atoms. The Morgan fingerprint density at radius 1 is 1.29 bits per heavy atom. The lowest BCUT2D eigenvalue weighted by Gasteiger charge is -2.34. The number of aromatic nitrogens is 1. The smallest absolute Gasteiger partial charge is 0.259 e. The molecular weight excluding hydrogens is 399 g/mol. The molecule has 0 aliphatic carbocycles. The van der Waals surface area contributed by atoms with Crippen LogP contribution in [0.1, 0.15) is 48.2 Å². The number of hydrogen-bond donors (Lipinski definition) is 1. The maximum absolute atomic E-state index is 13.6. The van der Waals surface area contributed by atoms with Crippen LogP contribution in [0.3, 0.4) is 0 Å². The molecule has 162 valence electrons. The molecule has 1 atom stereocenters. The first-order valence-electron chi connectivity index (χ1n) is 10.4. The van der Waals surface area contributed by atoms with E-state index in [1.165, 1.54) is 6.07 Å². The number of Topliss-reactive ketones (excluding diaryl/α,β-unsaturated/α-hetero) is 1. The van der Waals surface area contributed by atoms with Crippen molar-refractivity contribution >= 4 is 23.2 Å². The van der Waals surface area contributed by atoms with Crippen LogP contribution in [0.25, 0.3) is 0 Å². The summed E-state index contributed by atoms with van der Waals surface area (Å²) in [5.74, 6) is -0.409. The van der Waals surface area contributed by atoms with Gasteiger partial charge >= 0.3 is 0 Å². The number of amides is 1. The van der Waals surface area contributed by atoms with E-state index in [0.717, 1.165) is 25.6 Å². The Morgan fingerprint density at radius 2 is 2.03 bits per heavy atom. The van der Waals surface area contributed by atoms with E-state index in [2.05, 4.69) is 15.5 Å². The average Bonchev–Trinajstić information content (AvgIpc) is 3.03. The first kappa shape index (κ1) is 21.1. The third-order valence-electron chi connectivity index (χ3n) is 5.63. The molecule has 1 fully saturated rings. The maximum Gasteiger partial charge on any atom is 0.259 e. The van der Waals surface area contributed by atoms with Crippen LogP contribution < -0.4 is 10.2 Å². The van der Waals surface area contributed by atoms with Crippen molar-refractivity contribution in [2.75, 3.05) is 18.0 Å². The number of ketones is 1. The molecule has 4 rings (SSSR count). The molecular formula is C23H25FN4O3. The number of carbonyl (C=O) groups excluding carboxylic acids is 2. The summed E-state index contributed by atoms with van der Waals surface area (Å²) >= 11 is 0. The van der Waals surface area contributed by atoms with Gasteiger partial charge in [-0.1, -0.05) is 17.3 Å². The third kappa shape index (κ3) is 4.07. The second-order valence-corrected chi connectivity index (χ2v) is 8.42. The molecule has 1 N–H and O–H groups in total. The van der Waals surface area contributed by atoms with Gasteiger partial charge in [-0.25, -0.2) is 9.37 Å². The summed E-state index contributed by atoms with van der Waals surface area (Å²) in [5.41, 5.74) is 0.898. The van der Waals surface area contributed by atoms with Gasteiger partial charge in [-0.15, -0.1) is 0 Å². The molecule has 8 heteroatoms. The van der Waals surface area contributed by atoms with Crippen LogP contribution in [-0.2, 0) is 9.63 Å². The zero-order chi connectivity index (χ0) is 22.2. The molecule has 1 amide bonds. The Kier molecular flexibility index (Phi) is 5.58. The van der Waals surface area contributed by atoms with Crippen molar-refractivity contribution < 1.29 is 18.8 Å². The summed E-state index contributed by atoms with van der Waals surface area (Å²) in [4.78, 5) is 37.1. The van der Waals surface area contributed by atoms with Crippen molar-refractivity contribution in [2.24, 2.45) is 5.16 Å². The quantitative estimate of drug-likeness (QED) is 0.816. The van der Waals surface area contributed by atoms with E-state index in [4.69, 9.17) is 4.84 Å². The highest BCUT2D eigenvalue weighted by Crippen LogP contribution is 2.26. The van der Waals surface area contributed by atoms with Crippen molar-refractivity contribution in [1.82, 2.24) is 10.3 Å². The molecule has 1 aromatic carbocycles. The van der Waals surface area contributed by atoms with Gasteiger partial charge in [0.05, 0.1) is 12.2 Å². The van der Waals surface area contributed by atoms with E-state index in [0.29, 0.717) is 29.1 Å². The van der Waals surface area contributed by atoms with Crippen LogP contribution in [-0.4, -0.2) is 47.1 Å². The lowest BCUT2D eigenvalue weighted by molar-refractivity contribution is -0.128. The summed E-state index contributed by atoms with van der Waals surface area (Å²) < 4.78 is 13.6. The number of pyridine rings is 1. The molecule has 0 radical (unpaired) electrons. The highest BCUT2D eigenvalue weighted by Gasteiger charge is 2.40. The first-order chi connectivity index (χ1) is 14.8. The number of carbonyl (C=O) groups is 2. The Bertz CT molecular complexity index is 1040. The van der Waals surface area contributed by atoms with Crippen molar-refractivity contribution in [3.8, 4) is 0 Å². The minimum Gasteiger partial charge on any atom is -0.381 e. The van der Waals surface area contributed by atoms with Crippen molar-refractivity contribution in [1.29, 1.82) is 0 Å². The summed E-state index contributed by atoms with van der Waals surface area (Å²) in [5, 5.41) is 7.23. The van der Waals surface area contributed by atoms with E-state index >= 15 is 0 Å². The van der Waals surface area contributed by atoms with E-state index in [-0.39, 0.29) is 23.4 Å². The average molecular weight is 424 g/mol. The Labute approximate surface area is 180 Å². The SMILES string of the molecule is Cc1cc(F)cnc1N(C(=O)c1ccc(C2=NOC(C)(C)C2=O)cc1)C1CCCNC1. The van der Waals surface area contributed by atoms with Crippen molar-refractivity contribution in [3.05, 3.63) is 59.0 Å². The van der Waals surface area contributed by atoms with Crippen LogP contribution in [0.2, 0.25) is 0 Å². The van der Waals surface area contributed by atoms with Crippen LogP contribution >= 0.6 is 0 Å². The monoisotopic (exact) mass is 424 g/mol. The third-order valence-corrected chi connectivity index (χ3v) is 5.63. The van der Waals surface area contributed by atoms with Gasteiger partial charge in [-0.05, 0) is 63.9 Å². The van der Waals surface area contributed by atoms with E-state index < -0.39 is 11.4 Å². The van der Waals surface area contributed by atoms with Gasteiger partial charge in [0, 0.05) is 17.7 Å². The predicted molar refractivity (Wildman–Crippen MR) is 115 cm³/mol. The van der Waals surface area contributed by atoms with Crippen LogP contribution in [0.15, 0.2) is 41.7 Å². The fourth-order valence-electron chi connectivity index (χ4n) is 3.90. The molecule has 2 aliphatic rings. The molecule has 0 bridgehead atoms. The summed E-state index contributed by atoms with van der Waals surface area (Å²) in [7, 11) is 0. The second-order valence-electron chi connectivity index (χ2n) is 8.42. The number of benzene rings is 1. The van der Waals surface area contributed by atoms with E-state index in [1.54, 1.807) is 49.9 Å². The Balaban J connectivity index is 1.65. The molecule has 1 aromatic heterocycles. The minimum atomic E-state index is -0.986. The van der Waals surface area contributed by atoms with Crippen LogP contribution in [0.5, 0.6) is 0 Å². The van der Waals surface area contributed by atoms with Gasteiger partial charge in [0.1, 0.15) is 11.6 Å². The maximum atomic E-state index is 13.6. The number of piperidine rings is 1. The molecule has 2 aliphatic heterocycles. The summed E-state index contributed by atoms with van der Waals surface area (Å²) in [6.07, 6.45) is 2.89. The van der Waals surface area contributed by atoms with E-state index in [1.807, 2.05) is 0 Å². The normalized spacial score (nSPS) is 20.2. The molecule has 1 saturated heterocycles. The largest absolute Gasteiger partial charge is 0.381 e. The van der Waals surface area contributed by atoms with Crippen molar-refractivity contribution in [2.45, 2.75) is 45.3 Å². The van der Waals surface area contributed by atoms with Gasteiger partial charge in [0.2, 0.25) is 5.78 Å². The van der Waals surface area contributed by atoms with Gasteiger partial charge in [0.15, 0.2) is 11.3 Å². The number of nitrogens with zero attached hydrogens (tertiary/aromatic N) is 3. The molecule has 1 unspecified atom stereocenters. The van der Waals surface area contributed by atoms with Crippen LogP contribution in [0.4, 0.5) is 10.2 Å². The zero-order valence-corrected chi connectivity index (χ0v) is 17.8. The lowest BCUT2D eigenvalue weighted by atomic mass is 9.95. The van der Waals surface area contributed by atoms with Gasteiger partial charge < -0.3 is 10.2 Å². The highest BCUT2D eigenvalue weighted by molar-refractivity contribution is 6.49. The summed E-state index contributed by atoms with van der Waals surface area (Å²) in [6, 6.07) is 8.01. The zero-order valence-electron chi connectivity index (χ0n) is 17.8. The number of aryl methyl sites for hydroxylation is 1. The second kappa shape index (κ2) is 8.19. The Hall–Kier alpha value is -3.13. The van der Waals surface area contributed by atoms with Gasteiger partial charge in [-0.3, -0.25) is 14.5 Å². The molecule has 3 heterocycles. The predicted octanol–water partition coefficient (Wildman–Crippen LogP) is 3.01. The molecule has 0 saturated carbocycles. The van der Waals surface area contributed by atoms with Gasteiger partial charge in [0.25, 0.3) is 5.91 Å². The first-order valence-corrected chi connectivity index (χ1v) is 10.4. The highest BCUT2D eigenvalue weighted by atomic mass is 19.1. The molecule has 31 heavy (non-hydrogen) atoms. The molecule has 2 aromatic rings. The number of anilines is 1. The lowest BCUT2D eigenvalue weighted by Crippen LogP contribution is -2.49. The van der Waals surface area contributed by atoms with Crippen molar-refractivity contribution in [3.63, 3.8) is 0 Å². The number of nitrogens with one attached hydrogen (secondary N) is 1. The minimum absolute atomic E-state index is 0.0902. The molecule has 7 nitrogen and oxygen atoms in total. The Morgan fingerprint density at radius 3 is 2.61 bits per heavy atom. The number of oxime groups is 1. The van der Waals surface area contributed by atoms with Gasteiger partial charge in [-0.2, -0.15) is 0 Å². The number of rotatable bonds is 4. The summed E-state index contributed by atoms with van der Waals surface area (Å²) in [6.45, 7) is 6.62. The standard InChI is InChI=1S/C23H25FN4O3/c1-14-11-17(24)12-26-21(14)28(18-5-4-10-25-13-18)22(30)16-8-6-15(7-9-16)19-20(29)23(2,3)31-27-19/h6-9,11-12,18,25H,4-5,10,13H2,1-3H3. The van der Waals surface area contributed by atoms with Crippen LogP contribution in [0, 0.1) is 12.7 Å². The fourth-order valence-corrected chi connectivity index (χ4v) is 3.90.